The van der Waals surface area contributed by atoms with Gasteiger partial charge >= 0.3 is 0 Å². The van der Waals surface area contributed by atoms with Crippen LogP contribution in [0.25, 0.3) is 0 Å². The van der Waals surface area contributed by atoms with Crippen molar-refractivity contribution in [1.29, 1.82) is 0 Å². The Hall–Kier alpha value is -0.800. The van der Waals surface area contributed by atoms with Crippen molar-refractivity contribution in [1.82, 2.24) is 0 Å². The minimum absolute atomic E-state index is 0.127. The molecule has 0 aromatic carbocycles. The molecule has 7 nitrogen and oxygen atoms in total. The SMILES string of the molecule is CCCCCCCCCOC(C=CCCCCC(OC)OC)OC(C=CCCCCC(OC)OC)OCCCCCCCCC. The maximum atomic E-state index is 6.43. The van der Waals surface area contributed by atoms with Gasteiger partial charge in [-0.3, -0.25) is 0 Å². The predicted octanol–water partition coefficient (Wildman–Crippen LogP) is 10.7. The van der Waals surface area contributed by atoms with Crippen LogP contribution in [0.2, 0.25) is 0 Å². The van der Waals surface area contributed by atoms with Gasteiger partial charge in [-0.25, -0.2) is 0 Å². The van der Waals surface area contributed by atoms with Crippen molar-refractivity contribution in [2.24, 2.45) is 0 Å². The summed E-state index contributed by atoms with van der Waals surface area (Å²) in [5, 5.41) is 0. The highest BCUT2D eigenvalue weighted by atomic mass is 16.8. The van der Waals surface area contributed by atoms with Crippen molar-refractivity contribution in [2.75, 3.05) is 41.7 Å². The lowest BCUT2D eigenvalue weighted by Crippen LogP contribution is -2.25. The molecule has 7 heteroatoms. The fraction of sp³-hybridized carbons (Fsp3) is 0.895. The van der Waals surface area contributed by atoms with E-state index in [0.29, 0.717) is 13.2 Å². The molecular weight excluding hydrogens is 568 g/mol. The average molecular weight is 643 g/mol. The first-order valence-corrected chi connectivity index (χ1v) is 18.5. The fourth-order valence-electron chi connectivity index (χ4n) is 5.15. The summed E-state index contributed by atoms with van der Waals surface area (Å²) in [7, 11) is 6.77. The predicted molar refractivity (Wildman–Crippen MR) is 187 cm³/mol. The highest BCUT2D eigenvalue weighted by molar-refractivity contribution is 4.89. The summed E-state index contributed by atoms with van der Waals surface area (Å²) in [6, 6.07) is 0. The molecule has 0 rings (SSSR count). The third-order valence-corrected chi connectivity index (χ3v) is 8.09. The second-order valence-electron chi connectivity index (χ2n) is 12.1. The Bertz CT molecular complexity index is 567. The van der Waals surface area contributed by atoms with Gasteiger partial charge in [-0.2, -0.15) is 0 Å². The fourth-order valence-corrected chi connectivity index (χ4v) is 5.15. The van der Waals surface area contributed by atoms with Crippen LogP contribution in [0.1, 0.15) is 155 Å². The second-order valence-corrected chi connectivity index (χ2v) is 12.1. The first-order chi connectivity index (χ1) is 22.1. The largest absolute Gasteiger partial charge is 0.356 e. The second kappa shape index (κ2) is 36.0. The van der Waals surface area contributed by atoms with Gasteiger partial charge in [-0.15, -0.1) is 0 Å². The van der Waals surface area contributed by atoms with Crippen molar-refractivity contribution in [3.8, 4) is 0 Å². The van der Waals surface area contributed by atoms with Crippen LogP contribution >= 0.6 is 0 Å². The van der Waals surface area contributed by atoms with Crippen LogP contribution in [-0.2, 0) is 33.2 Å². The standard InChI is InChI=1S/C38H74O7/c1-7-9-11-13-15-21-27-33-43-37(31-25-19-17-23-29-35(39-3)40-4)45-38(44-34-28-22-16-14-12-10-8-2)32-26-20-18-24-30-36(41-5)42-6/h25-26,31-32,35-38H,7-24,27-30,33-34H2,1-6H3. The Balaban J connectivity index is 5.02. The Kier molecular flexibility index (Phi) is 35.4. The maximum Gasteiger partial charge on any atom is 0.180 e. The lowest BCUT2D eigenvalue weighted by Gasteiger charge is -2.22. The van der Waals surface area contributed by atoms with Gasteiger partial charge in [0, 0.05) is 28.4 Å². The van der Waals surface area contributed by atoms with Crippen molar-refractivity contribution in [3.05, 3.63) is 24.3 Å². The van der Waals surface area contributed by atoms with Crippen LogP contribution in [0, 0.1) is 0 Å². The van der Waals surface area contributed by atoms with E-state index in [-0.39, 0.29) is 12.6 Å². The third-order valence-electron chi connectivity index (χ3n) is 8.09. The lowest BCUT2D eigenvalue weighted by atomic mass is 10.1. The molecule has 2 atom stereocenters. The summed E-state index contributed by atoms with van der Waals surface area (Å²) in [5.74, 6) is 0. The molecule has 0 spiro atoms. The molecule has 0 aromatic heterocycles. The molecular formula is C38H74O7. The van der Waals surface area contributed by atoms with E-state index in [1.54, 1.807) is 28.4 Å². The van der Waals surface area contributed by atoms with E-state index >= 15 is 0 Å². The summed E-state index contributed by atoms with van der Waals surface area (Å²) in [6.45, 7) is 5.91. The zero-order chi connectivity index (χ0) is 33.1. The summed E-state index contributed by atoms with van der Waals surface area (Å²) < 4.78 is 40.2. The molecule has 0 aliphatic carbocycles. The Morgan fingerprint density at radius 2 is 0.778 bits per heavy atom. The Morgan fingerprint density at radius 3 is 1.13 bits per heavy atom. The minimum atomic E-state index is -0.427. The molecule has 0 N–H and O–H groups in total. The van der Waals surface area contributed by atoms with Crippen molar-refractivity contribution in [3.63, 3.8) is 0 Å². The van der Waals surface area contributed by atoms with Crippen LogP contribution in [0.15, 0.2) is 24.3 Å². The van der Waals surface area contributed by atoms with Crippen molar-refractivity contribution < 1.29 is 33.2 Å². The van der Waals surface area contributed by atoms with Gasteiger partial charge in [0.2, 0.25) is 0 Å². The summed E-state index contributed by atoms with van der Waals surface area (Å²) in [4.78, 5) is 0. The van der Waals surface area contributed by atoms with E-state index in [2.05, 4.69) is 38.2 Å². The van der Waals surface area contributed by atoms with E-state index < -0.39 is 12.6 Å². The summed E-state index contributed by atoms with van der Waals surface area (Å²) >= 11 is 0. The summed E-state index contributed by atoms with van der Waals surface area (Å²) in [5.41, 5.74) is 0. The van der Waals surface area contributed by atoms with Gasteiger partial charge in [0.15, 0.2) is 25.2 Å². The molecule has 45 heavy (non-hydrogen) atoms. The van der Waals surface area contributed by atoms with Gasteiger partial charge in [0.1, 0.15) is 0 Å². The molecule has 0 fully saturated rings. The molecule has 0 heterocycles. The van der Waals surface area contributed by atoms with Gasteiger partial charge < -0.3 is 33.2 Å². The van der Waals surface area contributed by atoms with E-state index in [1.165, 1.54) is 77.0 Å². The maximum absolute atomic E-state index is 6.43. The molecule has 0 amide bonds. The number of unbranched alkanes of at least 4 members (excludes halogenated alkanes) is 16. The van der Waals surface area contributed by atoms with Crippen LogP contribution in [0.3, 0.4) is 0 Å². The first-order valence-electron chi connectivity index (χ1n) is 18.5. The van der Waals surface area contributed by atoms with Crippen LogP contribution < -0.4 is 0 Å². The molecule has 0 aliphatic rings. The molecule has 2 unspecified atom stereocenters. The normalized spacial score (nSPS) is 13.7. The topological polar surface area (TPSA) is 64.6 Å². The zero-order valence-corrected chi connectivity index (χ0v) is 30.4. The highest BCUT2D eigenvalue weighted by Crippen LogP contribution is 2.15. The van der Waals surface area contributed by atoms with E-state index in [9.17, 15) is 0 Å². The number of hydrogen-bond acceptors (Lipinski definition) is 7. The number of hydrogen-bond donors (Lipinski definition) is 0. The number of allylic oxidation sites excluding steroid dienone is 2. The molecule has 0 aromatic rings. The molecule has 0 radical (unpaired) electrons. The van der Waals surface area contributed by atoms with Gasteiger partial charge in [0.25, 0.3) is 0 Å². The minimum Gasteiger partial charge on any atom is -0.356 e. The monoisotopic (exact) mass is 643 g/mol. The van der Waals surface area contributed by atoms with Gasteiger partial charge in [-0.1, -0.05) is 103 Å². The average Bonchev–Trinajstić information content (AvgIpc) is 3.06. The molecule has 0 aliphatic heterocycles. The van der Waals surface area contributed by atoms with Crippen LogP contribution in [0.4, 0.5) is 0 Å². The molecule has 268 valence electrons. The molecule has 0 saturated heterocycles. The smallest absolute Gasteiger partial charge is 0.180 e. The quantitative estimate of drug-likeness (QED) is 0.0383. The van der Waals surface area contributed by atoms with Crippen molar-refractivity contribution >= 4 is 0 Å². The van der Waals surface area contributed by atoms with Crippen LogP contribution in [0.5, 0.6) is 0 Å². The van der Waals surface area contributed by atoms with Gasteiger partial charge in [0.05, 0.1) is 13.2 Å². The zero-order valence-electron chi connectivity index (χ0n) is 30.4. The number of ether oxygens (including phenoxy) is 7. The first kappa shape index (κ1) is 44.2. The lowest BCUT2D eigenvalue weighted by molar-refractivity contribution is -0.208. The van der Waals surface area contributed by atoms with E-state index in [1.807, 2.05) is 0 Å². The van der Waals surface area contributed by atoms with Crippen LogP contribution in [-0.4, -0.2) is 66.8 Å². The van der Waals surface area contributed by atoms with E-state index in [0.717, 1.165) is 64.2 Å². The molecule has 0 bridgehead atoms. The third kappa shape index (κ3) is 30.3. The number of rotatable bonds is 36. The number of methoxy groups -OCH3 is 4. The Morgan fingerprint density at radius 1 is 0.422 bits per heavy atom. The van der Waals surface area contributed by atoms with E-state index in [4.69, 9.17) is 33.2 Å². The highest BCUT2D eigenvalue weighted by Gasteiger charge is 2.14. The van der Waals surface area contributed by atoms with Crippen molar-refractivity contribution in [2.45, 2.75) is 180 Å². The summed E-state index contributed by atoms with van der Waals surface area (Å²) in [6.07, 6.45) is 32.9. The molecule has 0 saturated carbocycles. The van der Waals surface area contributed by atoms with Gasteiger partial charge in [-0.05, 0) is 76.4 Å². The Labute approximate surface area is 279 Å².